The molecule has 1 fully saturated rings. The third-order valence-electron chi connectivity index (χ3n) is 5.63. The lowest BCUT2D eigenvalue weighted by Gasteiger charge is -2.31. The van der Waals surface area contributed by atoms with Crippen LogP contribution >= 0.6 is 0 Å². The molecule has 0 aliphatic carbocycles. The summed E-state index contributed by atoms with van der Waals surface area (Å²) in [5, 5.41) is 14.0. The molecule has 3 amide bonds. The van der Waals surface area contributed by atoms with Crippen molar-refractivity contribution in [3.63, 3.8) is 0 Å². The number of aliphatic carboxylic acids is 1. The number of nitrogens with zero attached hydrogens (tertiary/aromatic N) is 2. The molecule has 1 aromatic carbocycles. The van der Waals surface area contributed by atoms with Gasteiger partial charge in [0.25, 0.3) is 5.91 Å². The predicted molar refractivity (Wildman–Crippen MR) is 117 cm³/mol. The molecular formula is C22H27N5O6. The average Bonchev–Trinajstić information content (AvgIpc) is 3.44. The van der Waals surface area contributed by atoms with Crippen molar-refractivity contribution < 1.29 is 29.1 Å². The molecule has 1 aromatic heterocycles. The minimum atomic E-state index is -1.22. The molecule has 1 aliphatic heterocycles. The van der Waals surface area contributed by atoms with Crippen molar-refractivity contribution >= 4 is 41.0 Å². The second-order valence-corrected chi connectivity index (χ2v) is 8.37. The van der Waals surface area contributed by atoms with E-state index in [9.17, 15) is 24.0 Å². The first-order valence-electron chi connectivity index (χ1n) is 10.7. The number of carbonyl (C=O) groups excluding carboxylic acids is 4. The number of hydrogen-bond donors (Lipinski definition) is 4. The number of carboxylic acids is 1. The largest absolute Gasteiger partial charge is 0.481 e. The van der Waals surface area contributed by atoms with Crippen LogP contribution in [0.3, 0.4) is 0 Å². The maximum Gasteiger partial charge on any atom is 0.305 e. The van der Waals surface area contributed by atoms with Crippen LogP contribution in [0.25, 0.3) is 11.0 Å². The van der Waals surface area contributed by atoms with Gasteiger partial charge in [0.1, 0.15) is 18.4 Å². The number of imidazole rings is 1. The molecule has 0 saturated carbocycles. The van der Waals surface area contributed by atoms with Crippen molar-refractivity contribution in [3.05, 3.63) is 30.1 Å². The van der Waals surface area contributed by atoms with Crippen molar-refractivity contribution in [2.24, 2.45) is 5.92 Å². The van der Waals surface area contributed by atoms with E-state index in [0.29, 0.717) is 42.3 Å². The van der Waals surface area contributed by atoms with E-state index in [1.807, 2.05) is 0 Å². The Balaban J connectivity index is 1.72. The fourth-order valence-corrected chi connectivity index (χ4v) is 3.90. The van der Waals surface area contributed by atoms with Gasteiger partial charge in [-0.1, -0.05) is 13.8 Å². The maximum absolute atomic E-state index is 13.3. The molecule has 11 nitrogen and oxygen atoms in total. The van der Waals surface area contributed by atoms with Crippen molar-refractivity contribution in [3.8, 4) is 0 Å². The predicted octanol–water partition coefficient (Wildman–Crippen LogP) is 0.467. The summed E-state index contributed by atoms with van der Waals surface area (Å²) in [6.07, 6.45) is 2.30. The third-order valence-corrected chi connectivity index (χ3v) is 5.63. The van der Waals surface area contributed by atoms with Crippen molar-refractivity contribution in [2.45, 2.75) is 51.2 Å². The smallest absolute Gasteiger partial charge is 0.305 e. The van der Waals surface area contributed by atoms with Gasteiger partial charge in [0.05, 0.1) is 29.8 Å². The molecule has 0 spiro atoms. The Morgan fingerprint density at radius 2 is 2.03 bits per heavy atom. The molecule has 4 N–H and O–H groups in total. The van der Waals surface area contributed by atoms with Gasteiger partial charge < -0.3 is 30.4 Å². The fourth-order valence-electron chi connectivity index (χ4n) is 3.90. The topological polar surface area (TPSA) is 162 Å². The number of nitrogens with one attached hydrogen (secondary N) is 3. The minimum Gasteiger partial charge on any atom is -0.481 e. The summed E-state index contributed by atoms with van der Waals surface area (Å²) >= 11 is 0. The summed E-state index contributed by atoms with van der Waals surface area (Å²) in [6, 6.07) is 2.08. The van der Waals surface area contributed by atoms with Crippen LogP contribution in [-0.2, 0) is 19.2 Å². The second kappa shape index (κ2) is 10.2. The highest BCUT2D eigenvalue weighted by Crippen LogP contribution is 2.21. The molecule has 1 saturated heterocycles. The first kappa shape index (κ1) is 23.9. The average molecular weight is 457 g/mol. The fraction of sp³-hybridized carbons (Fsp3) is 0.455. The number of aldehydes is 1. The Bertz CT molecular complexity index is 1060. The van der Waals surface area contributed by atoms with Gasteiger partial charge in [0.2, 0.25) is 11.8 Å². The lowest BCUT2D eigenvalue weighted by Crippen LogP contribution is -2.56. The summed E-state index contributed by atoms with van der Waals surface area (Å²) in [5.41, 5.74) is 1.77. The van der Waals surface area contributed by atoms with Crippen LogP contribution in [-0.4, -0.2) is 74.6 Å². The van der Waals surface area contributed by atoms with Crippen molar-refractivity contribution in [2.75, 3.05) is 6.54 Å². The van der Waals surface area contributed by atoms with Crippen molar-refractivity contribution in [1.82, 2.24) is 25.5 Å². The van der Waals surface area contributed by atoms with Gasteiger partial charge in [-0.05, 0) is 37.0 Å². The zero-order valence-electron chi connectivity index (χ0n) is 18.4. The molecule has 2 heterocycles. The highest BCUT2D eigenvalue weighted by molar-refractivity contribution is 6.00. The number of rotatable bonds is 9. The van der Waals surface area contributed by atoms with E-state index in [1.165, 1.54) is 11.2 Å². The summed E-state index contributed by atoms with van der Waals surface area (Å²) in [7, 11) is 0. The highest BCUT2D eigenvalue weighted by atomic mass is 16.4. The van der Waals surface area contributed by atoms with Crippen LogP contribution in [0, 0.1) is 5.92 Å². The number of H-pyrrole nitrogens is 1. The number of hydrogen-bond acceptors (Lipinski definition) is 6. The summed E-state index contributed by atoms with van der Waals surface area (Å²) < 4.78 is 0. The zero-order chi connectivity index (χ0) is 24.1. The molecule has 1 aliphatic rings. The third kappa shape index (κ3) is 5.54. The number of fused-ring (bicyclic) bond motifs is 1. The number of likely N-dealkylation sites (tertiary alicyclic amines) is 1. The zero-order valence-corrected chi connectivity index (χ0v) is 18.4. The van der Waals surface area contributed by atoms with E-state index in [2.05, 4.69) is 20.6 Å². The van der Waals surface area contributed by atoms with E-state index in [0.717, 1.165) is 0 Å². The van der Waals surface area contributed by atoms with Crippen LogP contribution in [0.2, 0.25) is 0 Å². The Labute approximate surface area is 189 Å². The van der Waals surface area contributed by atoms with Crippen LogP contribution in [0.15, 0.2) is 24.5 Å². The Kier molecular flexibility index (Phi) is 7.41. The van der Waals surface area contributed by atoms with Crippen molar-refractivity contribution in [1.29, 1.82) is 0 Å². The van der Waals surface area contributed by atoms with E-state index in [1.54, 1.807) is 32.0 Å². The van der Waals surface area contributed by atoms with Gasteiger partial charge in [-0.3, -0.25) is 19.2 Å². The Morgan fingerprint density at radius 1 is 1.27 bits per heavy atom. The summed E-state index contributed by atoms with van der Waals surface area (Å²) in [5.74, 6) is -2.89. The lowest BCUT2D eigenvalue weighted by molar-refractivity contribution is -0.142. The SMILES string of the molecule is CC(C)[C@H](NC(=O)c1ccc2nc[nH]c2c1)C(=O)N1CCC[C@H]1C(=O)N[C@H](C=O)CC(=O)O. The van der Waals surface area contributed by atoms with Gasteiger partial charge in [0, 0.05) is 12.1 Å². The molecule has 11 heteroatoms. The molecule has 0 bridgehead atoms. The first-order valence-corrected chi connectivity index (χ1v) is 10.7. The molecule has 33 heavy (non-hydrogen) atoms. The number of aromatic nitrogens is 2. The van der Waals surface area contributed by atoms with Gasteiger partial charge in [0.15, 0.2) is 0 Å². The number of carboxylic acid groups (broad SMARTS) is 1. The van der Waals surface area contributed by atoms with E-state index < -0.39 is 48.2 Å². The molecule has 2 aromatic rings. The monoisotopic (exact) mass is 457 g/mol. The van der Waals surface area contributed by atoms with E-state index in [4.69, 9.17) is 5.11 Å². The molecule has 176 valence electrons. The Morgan fingerprint density at radius 3 is 2.70 bits per heavy atom. The van der Waals surface area contributed by atoms with Crippen LogP contribution in [0.5, 0.6) is 0 Å². The normalized spacial score (nSPS) is 17.5. The van der Waals surface area contributed by atoms with Gasteiger partial charge in [-0.2, -0.15) is 0 Å². The first-order chi connectivity index (χ1) is 15.7. The summed E-state index contributed by atoms with van der Waals surface area (Å²) in [4.78, 5) is 69.3. The molecular weight excluding hydrogens is 430 g/mol. The van der Waals surface area contributed by atoms with E-state index >= 15 is 0 Å². The number of amides is 3. The molecule has 3 rings (SSSR count). The Hall–Kier alpha value is -3.76. The second-order valence-electron chi connectivity index (χ2n) is 8.37. The van der Waals surface area contributed by atoms with Gasteiger partial charge in [-0.25, -0.2) is 4.98 Å². The number of carbonyl (C=O) groups is 5. The number of benzene rings is 1. The maximum atomic E-state index is 13.3. The molecule has 3 atom stereocenters. The summed E-state index contributed by atoms with van der Waals surface area (Å²) in [6.45, 7) is 3.91. The molecule has 0 radical (unpaired) electrons. The van der Waals surface area contributed by atoms with Gasteiger partial charge >= 0.3 is 5.97 Å². The van der Waals surface area contributed by atoms with Crippen LogP contribution in [0.1, 0.15) is 43.5 Å². The standard InChI is InChI=1S/C22H27N5O6/c1-12(2)19(26-20(31)13-5-6-15-16(8-13)24-11-23-15)22(33)27-7-3-4-17(27)21(32)25-14(10-28)9-18(29)30/h5-6,8,10-12,14,17,19H,3-4,7,9H2,1-2H3,(H,23,24)(H,25,32)(H,26,31)(H,29,30)/t14-,17-,19-/m0/s1. The lowest BCUT2D eigenvalue weighted by atomic mass is 10.0. The quantitative estimate of drug-likeness (QED) is 0.398. The number of aromatic amines is 1. The highest BCUT2D eigenvalue weighted by Gasteiger charge is 2.39. The van der Waals surface area contributed by atoms with Gasteiger partial charge in [-0.15, -0.1) is 0 Å². The van der Waals surface area contributed by atoms with Crippen LogP contribution in [0.4, 0.5) is 0 Å². The molecule has 0 unspecified atom stereocenters. The van der Waals surface area contributed by atoms with E-state index in [-0.39, 0.29) is 5.92 Å². The van der Waals surface area contributed by atoms with Crippen LogP contribution < -0.4 is 10.6 Å². The minimum absolute atomic E-state index is 0.253.